The second-order valence-electron chi connectivity index (χ2n) is 4.87. The van der Waals surface area contributed by atoms with Crippen molar-refractivity contribution in [2.45, 2.75) is 0 Å². The largest absolute Gasteiger partial charge is 0.495 e. The summed E-state index contributed by atoms with van der Waals surface area (Å²) in [6.07, 6.45) is 0. The smallest absolute Gasteiger partial charge is 0.396 e. The molecule has 0 aliphatic rings. The van der Waals surface area contributed by atoms with Crippen LogP contribution in [-0.2, 0) is 9.05 Å². The molecule has 0 aromatic heterocycles. The van der Waals surface area contributed by atoms with E-state index in [1.54, 1.807) is 19.2 Å². The van der Waals surface area contributed by atoms with E-state index in [4.69, 9.17) is 41.5 Å². The maximum absolute atomic E-state index is 6.46. The van der Waals surface area contributed by atoms with Gasteiger partial charge in [0.25, 0.3) is 0 Å². The normalized spacial score (nSPS) is 11.4. The molecule has 0 radical (unpaired) electrons. The van der Waals surface area contributed by atoms with Gasteiger partial charge in [-0.05, 0) is 12.1 Å². The molecule has 0 fully saturated rings. The van der Waals surface area contributed by atoms with Gasteiger partial charge < -0.3 is 18.3 Å². The van der Waals surface area contributed by atoms with E-state index in [0.29, 0.717) is 32.3 Å². The van der Waals surface area contributed by atoms with Crippen LogP contribution in [0.5, 0.6) is 11.5 Å². The maximum Gasteiger partial charge on any atom is 0.396 e. The highest BCUT2D eigenvalue weighted by Gasteiger charge is 2.23. The molecule has 0 amide bonds. The summed E-state index contributed by atoms with van der Waals surface area (Å²) in [5, 5.41) is 4.14. The molecule has 24 heavy (non-hydrogen) atoms. The van der Waals surface area contributed by atoms with E-state index >= 15 is 0 Å². The maximum atomic E-state index is 6.46. The Hall–Kier alpha value is -1.29. The van der Waals surface area contributed by atoms with Gasteiger partial charge in [-0.2, -0.15) is 0 Å². The first-order chi connectivity index (χ1) is 11.6. The van der Waals surface area contributed by atoms with Gasteiger partial charge in [0, 0.05) is 35.8 Å². The third-order valence-corrected chi connectivity index (χ3v) is 5.20. The van der Waals surface area contributed by atoms with E-state index in [0.717, 1.165) is 10.8 Å². The lowest BCUT2D eigenvalue weighted by atomic mass is 10.0. The number of hydrogen-bond acceptors (Lipinski definition) is 4. The van der Waals surface area contributed by atoms with Gasteiger partial charge in [-0.15, -0.1) is 0 Å². The average Bonchev–Trinajstić information content (AvgIpc) is 2.59. The summed E-state index contributed by atoms with van der Waals surface area (Å²) >= 11 is 12.9. The number of methoxy groups -OCH3 is 1. The van der Waals surface area contributed by atoms with Crippen molar-refractivity contribution in [2.24, 2.45) is 0 Å². The Morgan fingerprint density at radius 2 is 1.25 bits per heavy atom. The zero-order chi connectivity index (χ0) is 17.3. The Kier molecular flexibility index (Phi) is 5.33. The summed E-state index contributed by atoms with van der Waals surface area (Å²) in [6, 6.07) is 11.2. The number of halogens is 2. The monoisotopic (exact) mass is 384 g/mol. The average molecular weight is 385 g/mol. The molecule has 0 heterocycles. The minimum Gasteiger partial charge on any atom is -0.495 e. The van der Waals surface area contributed by atoms with Gasteiger partial charge in [0.15, 0.2) is 0 Å². The fraction of sp³-hybridized carbons (Fsp3) is 0.176. The topological polar surface area (TPSA) is 36.9 Å². The van der Waals surface area contributed by atoms with Crippen molar-refractivity contribution >= 4 is 53.3 Å². The first-order valence-corrected chi connectivity index (χ1v) is 8.90. The molecule has 3 rings (SSSR count). The molecule has 0 atom stereocenters. The molecule has 0 bridgehead atoms. The molecule has 0 saturated carbocycles. The third-order valence-electron chi connectivity index (χ3n) is 3.64. The summed E-state index contributed by atoms with van der Waals surface area (Å²) in [7, 11) is 3.08. The Morgan fingerprint density at radius 3 is 1.67 bits per heavy atom. The highest BCUT2D eigenvalue weighted by atomic mass is 35.5. The molecular formula is C17H15Cl2O4P. The van der Waals surface area contributed by atoms with E-state index in [1.165, 1.54) is 14.2 Å². The summed E-state index contributed by atoms with van der Waals surface area (Å²) in [6.45, 7) is 0. The van der Waals surface area contributed by atoms with Crippen molar-refractivity contribution in [3.05, 3.63) is 46.4 Å². The molecule has 0 spiro atoms. The number of rotatable bonds is 5. The van der Waals surface area contributed by atoms with Gasteiger partial charge in [0.2, 0.25) is 0 Å². The Bertz CT molecular complexity index is 834. The lowest BCUT2D eigenvalue weighted by Gasteiger charge is -2.20. The molecule has 3 aromatic rings. The van der Waals surface area contributed by atoms with Crippen molar-refractivity contribution in [2.75, 3.05) is 21.3 Å². The van der Waals surface area contributed by atoms with Crippen molar-refractivity contribution in [1.29, 1.82) is 0 Å². The molecule has 7 heteroatoms. The SMILES string of the molecule is COc1c2cccc(Cl)c2c(OP(OC)OC)c2c(Cl)cccc12. The predicted octanol–water partition coefficient (Wildman–Crippen LogP) is 6.21. The molecule has 126 valence electrons. The Balaban J connectivity index is 2.49. The summed E-state index contributed by atoms with van der Waals surface area (Å²) in [4.78, 5) is 0. The standard InChI is InChI=1S/C17H15Cl2O4P/c1-20-16-10-6-4-8-12(18)14(10)17(23-24(21-2)22-3)15-11(16)7-5-9-13(15)19/h4-9H,1-3H3. The van der Waals surface area contributed by atoms with Crippen LogP contribution < -0.4 is 9.26 Å². The van der Waals surface area contributed by atoms with Gasteiger partial charge in [0.05, 0.1) is 17.2 Å². The number of hydrogen-bond donors (Lipinski definition) is 0. The fourth-order valence-corrected chi connectivity index (χ4v) is 3.84. The molecule has 0 aliphatic carbocycles. The molecule has 0 unspecified atom stereocenters. The third kappa shape index (κ3) is 2.90. The zero-order valence-corrected chi connectivity index (χ0v) is 15.7. The molecular weight excluding hydrogens is 370 g/mol. The number of fused-ring (bicyclic) bond motifs is 2. The second kappa shape index (κ2) is 7.30. The quantitative estimate of drug-likeness (QED) is 0.387. The number of benzene rings is 3. The van der Waals surface area contributed by atoms with Crippen LogP contribution >= 0.6 is 31.8 Å². The van der Waals surface area contributed by atoms with Crippen LogP contribution in [0.4, 0.5) is 0 Å². The lowest BCUT2D eigenvalue weighted by Crippen LogP contribution is -1.97. The van der Waals surface area contributed by atoms with Gasteiger partial charge in [-0.3, -0.25) is 0 Å². The van der Waals surface area contributed by atoms with Crippen LogP contribution in [0.15, 0.2) is 36.4 Å². The van der Waals surface area contributed by atoms with Crippen LogP contribution in [0.3, 0.4) is 0 Å². The summed E-state index contributed by atoms with van der Waals surface area (Å²) < 4.78 is 22.1. The highest BCUT2D eigenvalue weighted by molar-refractivity contribution is 7.42. The second-order valence-corrected chi connectivity index (χ2v) is 7.04. The highest BCUT2D eigenvalue weighted by Crippen LogP contribution is 2.51. The van der Waals surface area contributed by atoms with Crippen molar-refractivity contribution in [1.82, 2.24) is 0 Å². The van der Waals surface area contributed by atoms with E-state index in [-0.39, 0.29) is 0 Å². The zero-order valence-electron chi connectivity index (χ0n) is 13.3. The van der Waals surface area contributed by atoms with E-state index in [2.05, 4.69) is 0 Å². The molecule has 3 aromatic carbocycles. The first kappa shape index (κ1) is 17.5. The van der Waals surface area contributed by atoms with Crippen molar-refractivity contribution in [3.63, 3.8) is 0 Å². The number of ether oxygens (including phenoxy) is 1. The van der Waals surface area contributed by atoms with Gasteiger partial charge in [0.1, 0.15) is 11.5 Å². The minimum absolute atomic E-state index is 0.520. The Labute approximate surface area is 151 Å². The van der Waals surface area contributed by atoms with Crippen LogP contribution in [0.2, 0.25) is 10.0 Å². The van der Waals surface area contributed by atoms with Crippen LogP contribution in [0.25, 0.3) is 21.5 Å². The first-order valence-electron chi connectivity index (χ1n) is 7.05. The van der Waals surface area contributed by atoms with Gasteiger partial charge in [-0.25, -0.2) is 0 Å². The molecule has 0 aliphatic heterocycles. The Morgan fingerprint density at radius 1 is 0.750 bits per heavy atom. The molecule has 0 N–H and O–H groups in total. The van der Waals surface area contributed by atoms with E-state index in [1.807, 2.05) is 24.3 Å². The van der Waals surface area contributed by atoms with Gasteiger partial charge >= 0.3 is 8.60 Å². The van der Waals surface area contributed by atoms with Crippen molar-refractivity contribution < 1.29 is 18.3 Å². The lowest BCUT2D eigenvalue weighted by molar-refractivity contribution is 0.278. The predicted molar refractivity (Wildman–Crippen MR) is 99.6 cm³/mol. The molecule has 4 nitrogen and oxygen atoms in total. The van der Waals surface area contributed by atoms with E-state index < -0.39 is 8.60 Å². The van der Waals surface area contributed by atoms with Crippen LogP contribution in [0, 0.1) is 0 Å². The summed E-state index contributed by atoms with van der Waals surface area (Å²) in [5.74, 6) is 1.21. The van der Waals surface area contributed by atoms with Gasteiger partial charge in [-0.1, -0.05) is 47.5 Å². The van der Waals surface area contributed by atoms with Crippen molar-refractivity contribution in [3.8, 4) is 11.5 Å². The van der Waals surface area contributed by atoms with E-state index in [9.17, 15) is 0 Å². The fourth-order valence-electron chi connectivity index (χ4n) is 2.69. The minimum atomic E-state index is -1.58. The van der Waals surface area contributed by atoms with Crippen LogP contribution in [0.1, 0.15) is 0 Å². The van der Waals surface area contributed by atoms with Crippen LogP contribution in [-0.4, -0.2) is 21.3 Å². The molecule has 0 saturated heterocycles. The summed E-state index contributed by atoms with van der Waals surface area (Å²) in [5.41, 5.74) is 0.